The molecule has 3 aromatic rings. The van der Waals surface area contributed by atoms with Gasteiger partial charge in [-0.2, -0.15) is 0 Å². The van der Waals surface area contributed by atoms with E-state index in [4.69, 9.17) is 18.9 Å². The molecule has 2 fully saturated rings. The van der Waals surface area contributed by atoms with E-state index in [9.17, 15) is 9.90 Å². The normalized spacial score (nSPS) is 22.6. The third kappa shape index (κ3) is 4.09. The fourth-order valence-electron chi connectivity index (χ4n) is 5.46. The lowest BCUT2D eigenvalue weighted by Crippen LogP contribution is -2.44. The van der Waals surface area contributed by atoms with Gasteiger partial charge in [-0.25, -0.2) is 0 Å². The molecule has 6 nitrogen and oxygen atoms in total. The Kier molecular flexibility index (Phi) is 5.45. The van der Waals surface area contributed by atoms with Crippen molar-refractivity contribution in [1.29, 1.82) is 0 Å². The number of aryl methyl sites for hydroxylation is 2. The molecule has 36 heavy (non-hydrogen) atoms. The largest absolute Gasteiger partial charge is 0.493 e. The molecule has 0 spiro atoms. The second-order valence-corrected chi connectivity index (χ2v) is 10.7. The summed E-state index contributed by atoms with van der Waals surface area (Å²) in [5.74, 6) is 1.11. The van der Waals surface area contributed by atoms with E-state index in [0.29, 0.717) is 19.0 Å². The molecular formula is C30H30O6. The number of carbonyl (C=O) groups is 1. The van der Waals surface area contributed by atoms with Gasteiger partial charge in [-0.05, 0) is 65.9 Å². The maximum absolute atomic E-state index is 11.3. The zero-order valence-corrected chi connectivity index (χ0v) is 20.7. The van der Waals surface area contributed by atoms with Crippen molar-refractivity contribution in [2.75, 3.05) is 19.8 Å². The summed E-state index contributed by atoms with van der Waals surface area (Å²) in [5, 5.41) is 9.25. The monoisotopic (exact) mass is 486 g/mol. The van der Waals surface area contributed by atoms with E-state index in [2.05, 4.69) is 57.2 Å². The summed E-state index contributed by atoms with van der Waals surface area (Å²) in [6, 6.07) is 18.3. The van der Waals surface area contributed by atoms with Crippen LogP contribution in [-0.2, 0) is 16.1 Å². The van der Waals surface area contributed by atoms with Crippen LogP contribution in [-0.4, -0.2) is 37.0 Å². The molecule has 1 aliphatic carbocycles. The van der Waals surface area contributed by atoms with Gasteiger partial charge in [0.05, 0.1) is 19.8 Å². The minimum Gasteiger partial charge on any atom is -0.493 e. The average molecular weight is 487 g/mol. The number of hydrogen-bond donors (Lipinski definition) is 1. The van der Waals surface area contributed by atoms with Gasteiger partial charge in [0, 0.05) is 23.0 Å². The van der Waals surface area contributed by atoms with Crippen molar-refractivity contribution in [3.8, 4) is 28.4 Å². The molecule has 6 heteroatoms. The van der Waals surface area contributed by atoms with Crippen molar-refractivity contribution in [2.24, 2.45) is 11.3 Å². The number of fused-ring (bicyclic) bond motifs is 3. The number of benzene rings is 3. The van der Waals surface area contributed by atoms with E-state index in [1.807, 2.05) is 18.2 Å². The van der Waals surface area contributed by atoms with Gasteiger partial charge >= 0.3 is 5.97 Å². The SMILES string of the molecule is Cc1cc(OCC2(C)COC2)cc(C)c1-c1cccc(COc2ccc3c(c2)OC2C(C(=O)O)C32)c1. The molecule has 2 heterocycles. The lowest BCUT2D eigenvalue weighted by molar-refractivity contribution is -0.139. The van der Waals surface area contributed by atoms with E-state index in [-0.39, 0.29) is 17.4 Å². The number of aliphatic carboxylic acids is 1. The Labute approximate surface area is 210 Å². The lowest BCUT2D eigenvalue weighted by atomic mass is 9.90. The fourth-order valence-corrected chi connectivity index (χ4v) is 5.46. The van der Waals surface area contributed by atoms with E-state index >= 15 is 0 Å². The predicted octanol–water partition coefficient (Wildman–Crippen LogP) is 5.52. The minimum atomic E-state index is -0.790. The molecule has 1 saturated carbocycles. The second kappa shape index (κ2) is 8.56. The lowest BCUT2D eigenvalue weighted by Gasteiger charge is -2.37. The molecule has 0 bridgehead atoms. The first-order chi connectivity index (χ1) is 17.3. The maximum Gasteiger partial charge on any atom is 0.311 e. The zero-order chi connectivity index (χ0) is 25.0. The first-order valence-electron chi connectivity index (χ1n) is 12.4. The molecular weight excluding hydrogens is 456 g/mol. The van der Waals surface area contributed by atoms with Crippen molar-refractivity contribution in [3.63, 3.8) is 0 Å². The van der Waals surface area contributed by atoms with E-state index in [1.165, 1.54) is 16.7 Å². The molecule has 3 atom stereocenters. The van der Waals surface area contributed by atoms with Crippen LogP contribution in [0.15, 0.2) is 54.6 Å². The Morgan fingerprint density at radius 2 is 1.81 bits per heavy atom. The Bertz CT molecular complexity index is 1320. The average Bonchev–Trinajstić information content (AvgIpc) is 3.42. The molecule has 0 amide bonds. The van der Waals surface area contributed by atoms with Crippen LogP contribution in [0.5, 0.6) is 17.2 Å². The van der Waals surface area contributed by atoms with Crippen molar-refractivity contribution in [3.05, 3.63) is 76.9 Å². The third-order valence-electron chi connectivity index (χ3n) is 7.46. The summed E-state index contributed by atoms with van der Waals surface area (Å²) < 4.78 is 23.3. The van der Waals surface area contributed by atoms with Crippen molar-refractivity contribution < 1.29 is 28.8 Å². The van der Waals surface area contributed by atoms with Crippen LogP contribution in [0.3, 0.4) is 0 Å². The van der Waals surface area contributed by atoms with Gasteiger partial charge in [0.25, 0.3) is 0 Å². The number of hydrogen-bond acceptors (Lipinski definition) is 5. The summed E-state index contributed by atoms with van der Waals surface area (Å²) in [7, 11) is 0. The van der Waals surface area contributed by atoms with Crippen LogP contribution in [0.1, 0.15) is 35.1 Å². The summed E-state index contributed by atoms with van der Waals surface area (Å²) >= 11 is 0. The number of carboxylic acids is 1. The minimum absolute atomic E-state index is 0.0261. The van der Waals surface area contributed by atoms with Crippen LogP contribution in [0.25, 0.3) is 11.1 Å². The van der Waals surface area contributed by atoms with Gasteiger partial charge in [-0.3, -0.25) is 4.79 Å². The summed E-state index contributed by atoms with van der Waals surface area (Å²) in [6.45, 7) is 9.02. The quantitative estimate of drug-likeness (QED) is 0.452. The van der Waals surface area contributed by atoms with Gasteiger partial charge in [0.1, 0.15) is 35.9 Å². The van der Waals surface area contributed by atoms with Crippen molar-refractivity contribution in [2.45, 2.75) is 39.4 Å². The van der Waals surface area contributed by atoms with Crippen molar-refractivity contribution in [1.82, 2.24) is 0 Å². The molecule has 0 radical (unpaired) electrons. The van der Waals surface area contributed by atoms with Crippen LogP contribution < -0.4 is 14.2 Å². The molecule has 3 aromatic carbocycles. The van der Waals surface area contributed by atoms with Gasteiger partial charge in [0.15, 0.2) is 0 Å². The standard InChI is InChI=1S/C30H30O6/c1-17-9-22(35-16-30(3)14-33-15-30)10-18(2)25(17)20-6-4-5-19(11-20)13-34-21-7-8-23-24(12-21)36-28-26(23)27(28)29(31)32/h4-12,26-28H,13-16H2,1-3H3,(H,31,32). The zero-order valence-electron chi connectivity index (χ0n) is 20.7. The highest BCUT2D eigenvalue weighted by molar-refractivity contribution is 5.79. The molecule has 186 valence electrons. The highest BCUT2D eigenvalue weighted by atomic mass is 16.5. The smallest absolute Gasteiger partial charge is 0.311 e. The summed E-state index contributed by atoms with van der Waals surface area (Å²) in [5.41, 5.74) is 6.85. The summed E-state index contributed by atoms with van der Waals surface area (Å²) in [6.07, 6.45) is -0.233. The molecule has 3 aliphatic rings. The van der Waals surface area contributed by atoms with E-state index in [0.717, 1.165) is 41.4 Å². The van der Waals surface area contributed by atoms with Crippen LogP contribution >= 0.6 is 0 Å². The Hall–Kier alpha value is -3.51. The third-order valence-corrected chi connectivity index (χ3v) is 7.46. The Morgan fingerprint density at radius 3 is 2.50 bits per heavy atom. The molecule has 1 saturated heterocycles. The van der Waals surface area contributed by atoms with Crippen LogP contribution in [0.4, 0.5) is 0 Å². The van der Waals surface area contributed by atoms with E-state index < -0.39 is 11.9 Å². The molecule has 0 aromatic heterocycles. The van der Waals surface area contributed by atoms with Gasteiger partial charge < -0.3 is 24.1 Å². The highest BCUT2D eigenvalue weighted by Gasteiger charge is 2.63. The van der Waals surface area contributed by atoms with E-state index in [1.54, 1.807) is 0 Å². The van der Waals surface area contributed by atoms with Crippen LogP contribution in [0.2, 0.25) is 0 Å². The Morgan fingerprint density at radius 1 is 1.03 bits per heavy atom. The topological polar surface area (TPSA) is 74.2 Å². The predicted molar refractivity (Wildman–Crippen MR) is 135 cm³/mol. The Balaban J connectivity index is 1.13. The number of ether oxygens (including phenoxy) is 4. The second-order valence-electron chi connectivity index (χ2n) is 10.7. The number of rotatable bonds is 8. The van der Waals surface area contributed by atoms with Gasteiger partial charge in [-0.15, -0.1) is 0 Å². The van der Waals surface area contributed by atoms with Gasteiger partial charge in [-0.1, -0.05) is 31.2 Å². The van der Waals surface area contributed by atoms with Crippen LogP contribution in [0, 0.1) is 25.2 Å². The first kappa shape index (κ1) is 22.9. The molecule has 6 rings (SSSR count). The van der Waals surface area contributed by atoms with Crippen molar-refractivity contribution >= 4 is 5.97 Å². The molecule has 2 aliphatic heterocycles. The summed E-state index contributed by atoms with van der Waals surface area (Å²) in [4.78, 5) is 11.3. The fraction of sp³-hybridized carbons (Fsp3) is 0.367. The maximum atomic E-state index is 11.3. The van der Waals surface area contributed by atoms with Gasteiger partial charge in [0.2, 0.25) is 0 Å². The first-order valence-corrected chi connectivity index (χ1v) is 12.4. The highest BCUT2D eigenvalue weighted by Crippen LogP contribution is 2.58. The molecule has 3 unspecified atom stereocenters. The number of carboxylic acid groups (broad SMARTS) is 1. The molecule has 1 N–H and O–H groups in total.